The van der Waals surface area contributed by atoms with E-state index in [1.807, 2.05) is 6.07 Å². The van der Waals surface area contributed by atoms with Gasteiger partial charge in [-0.25, -0.2) is 4.79 Å². The van der Waals surface area contributed by atoms with Crippen molar-refractivity contribution in [2.75, 3.05) is 6.61 Å². The van der Waals surface area contributed by atoms with Gasteiger partial charge in [-0.3, -0.25) is 0 Å². The Bertz CT molecular complexity index is 590. The Hall–Kier alpha value is -1.68. The van der Waals surface area contributed by atoms with E-state index in [1.165, 1.54) is 0 Å². The summed E-state index contributed by atoms with van der Waals surface area (Å²) in [4.78, 5) is 13.7. The first-order valence-electron chi connectivity index (χ1n) is 4.82. The van der Waals surface area contributed by atoms with Gasteiger partial charge in [0.2, 0.25) is 0 Å². The van der Waals surface area contributed by atoms with E-state index in [9.17, 15) is 4.79 Å². The summed E-state index contributed by atoms with van der Waals surface area (Å²) in [6.45, 7) is 0.434. The Morgan fingerprint density at radius 3 is 3.12 bits per heavy atom. The van der Waals surface area contributed by atoms with Crippen LogP contribution in [0, 0.1) is 0 Å². The maximum absolute atomic E-state index is 10.9. The normalized spacial score (nSPS) is 18.4. The van der Waals surface area contributed by atoms with Crippen molar-refractivity contribution in [2.24, 2.45) is 0 Å². The molecule has 1 unspecified atom stereocenters. The summed E-state index contributed by atoms with van der Waals surface area (Å²) in [5.74, 6) is -0.238. The molecule has 0 spiro atoms. The number of fused-ring (bicyclic) bond motifs is 3. The fourth-order valence-electron chi connectivity index (χ4n) is 2.02. The third kappa shape index (κ3) is 1.20. The zero-order valence-corrected chi connectivity index (χ0v) is 8.91. The molecule has 3 rings (SSSR count). The molecule has 1 aliphatic rings. The van der Waals surface area contributed by atoms with Crippen molar-refractivity contribution in [3.8, 4) is 5.75 Å². The molecule has 0 amide bonds. The zero-order chi connectivity index (χ0) is 11.3. The predicted octanol–water partition coefficient (Wildman–Crippen LogP) is 2.54. The number of rotatable bonds is 1. The average molecular weight is 238 g/mol. The van der Waals surface area contributed by atoms with Gasteiger partial charge in [0.25, 0.3) is 0 Å². The minimum absolute atomic E-state index is 0.166. The minimum atomic E-state index is -0.977. The van der Waals surface area contributed by atoms with Gasteiger partial charge in [0, 0.05) is 16.5 Å². The quantitative estimate of drug-likeness (QED) is 0.750. The Balaban J connectivity index is 2.32. The molecule has 0 fully saturated rings. The van der Waals surface area contributed by atoms with Gasteiger partial charge in [0.05, 0.1) is 5.38 Å². The maximum atomic E-state index is 10.9. The Labute approximate surface area is 95.8 Å². The summed E-state index contributed by atoms with van der Waals surface area (Å²) >= 11 is 6.12. The highest BCUT2D eigenvalue weighted by Gasteiger charge is 2.25. The monoisotopic (exact) mass is 237 g/mol. The van der Waals surface area contributed by atoms with E-state index in [-0.39, 0.29) is 11.1 Å². The molecule has 82 valence electrons. The number of aromatic carboxylic acids is 1. The number of hydrogen-bond donors (Lipinski definition) is 2. The SMILES string of the molecule is O=C(O)c1cc2c3c(ccc2[nH]1)OCC3Cl. The van der Waals surface area contributed by atoms with Gasteiger partial charge in [-0.2, -0.15) is 0 Å². The highest BCUT2D eigenvalue weighted by atomic mass is 35.5. The van der Waals surface area contributed by atoms with Crippen molar-refractivity contribution in [1.82, 2.24) is 4.98 Å². The van der Waals surface area contributed by atoms with Crippen LogP contribution in [-0.4, -0.2) is 22.7 Å². The van der Waals surface area contributed by atoms with Crippen LogP contribution >= 0.6 is 11.6 Å². The first-order valence-corrected chi connectivity index (χ1v) is 5.26. The van der Waals surface area contributed by atoms with Crippen molar-refractivity contribution >= 4 is 28.5 Å². The molecule has 2 aromatic rings. The lowest BCUT2D eigenvalue weighted by molar-refractivity contribution is 0.0691. The molecule has 5 heteroatoms. The average Bonchev–Trinajstić information content (AvgIpc) is 2.81. The second-order valence-electron chi connectivity index (χ2n) is 3.71. The number of aromatic amines is 1. The van der Waals surface area contributed by atoms with Crippen LogP contribution in [0.15, 0.2) is 18.2 Å². The highest BCUT2D eigenvalue weighted by Crippen LogP contribution is 2.41. The van der Waals surface area contributed by atoms with E-state index in [1.54, 1.807) is 12.1 Å². The van der Waals surface area contributed by atoms with Crippen LogP contribution in [0.1, 0.15) is 21.4 Å². The summed E-state index contributed by atoms with van der Waals surface area (Å²) < 4.78 is 5.40. The summed E-state index contributed by atoms with van der Waals surface area (Å²) in [5.41, 5.74) is 1.81. The molecular formula is C11H8ClNO3. The van der Waals surface area contributed by atoms with Gasteiger partial charge in [-0.1, -0.05) is 0 Å². The summed E-state index contributed by atoms with van der Waals surface area (Å²) in [5, 5.41) is 9.52. The summed E-state index contributed by atoms with van der Waals surface area (Å²) in [6, 6.07) is 5.21. The van der Waals surface area contributed by atoms with E-state index in [0.717, 1.165) is 22.2 Å². The standard InChI is InChI=1S/C11H8ClNO3/c12-6-4-16-9-2-1-7-5(10(6)9)3-8(13-7)11(14)15/h1-3,6,13H,4H2,(H,14,15). The number of carboxylic acid groups (broad SMARTS) is 1. The minimum Gasteiger partial charge on any atom is -0.491 e. The molecule has 1 aliphatic heterocycles. The molecule has 0 bridgehead atoms. The van der Waals surface area contributed by atoms with Crippen molar-refractivity contribution in [2.45, 2.75) is 5.38 Å². The third-order valence-electron chi connectivity index (χ3n) is 2.73. The predicted molar refractivity (Wildman–Crippen MR) is 59.3 cm³/mol. The second kappa shape index (κ2) is 3.15. The maximum Gasteiger partial charge on any atom is 0.352 e. The molecule has 0 aliphatic carbocycles. The van der Waals surface area contributed by atoms with Crippen molar-refractivity contribution < 1.29 is 14.6 Å². The molecule has 0 saturated carbocycles. The molecule has 0 radical (unpaired) electrons. The number of carbonyl (C=O) groups is 1. The number of alkyl halides is 1. The molecule has 1 aromatic heterocycles. The van der Waals surface area contributed by atoms with Crippen molar-refractivity contribution in [1.29, 1.82) is 0 Å². The van der Waals surface area contributed by atoms with Crippen LogP contribution in [0.25, 0.3) is 10.9 Å². The number of carboxylic acids is 1. The van der Waals surface area contributed by atoms with Crippen LogP contribution in [0.4, 0.5) is 0 Å². The molecule has 1 aromatic carbocycles. The van der Waals surface area contributed by atoms with E-state index in [0.29, 0.717) is 6.61 Å². The smallest absolute Gasteiger partial charge is 0.352 e. The number of halogens is 1. The van der Waals surface area contributed by atoms with Crippen LogP contribution in [-0.2, 0) is 0 Å². The first kappa shape index (κ1) is 9.54. The molecule has 2 heterocycles. The molecular weight excluding hydrogens is 230 g/mol. The van der Waals surface area contributed by atoms with Gasteiger partial charge in [0.1, 0.15) is 18.1 Å². The number of benzene rings is 1. The van der Waals surface area contributed by atoms with E-state index >= 15 is 0 Å². The van der Waals surface area contributed by atoms with Gasteiger partial charge in [-0.05, 0) is 18.2 Å². The molecule has 0 saturated heterocycles. The van der Waals surface area contributed by atoms with Crippen LogP contribution in [0.3, 0.4) is 0 Å². The zero-order valence-electron chi connectivity index (χ0n) is 8.16. The molecule has 2 N–H and O–H groups in total. The highest BCUT2D eigenvalue weighted by molar-refractivity contribution is 6.22. The second-order valence-corrected chi connectivity index (χ2v) is 4.23. The Morgan fingerprint density at radius 1 is 1.56 bits per heavy atom. The largest absolute Gasteiger partial charge is 0.491 e. The van der Waals surface area contributed by atoms with Crippen molar-refractivity contribution in [3.05, 3.63) is 29.5 Å². The first-order chi connectivity index (χ1) is 7.66. The van der Waals surface area contributed by atoms with Crippen molar-refractivity contribution in [3.63, 3.8) is 0 Å². The number of H-pyrrole nitrogens is 1. The lowest BCUT2D eigenvalue weighted by Crippen LogP contribution is -1.94. The molecule has 4 nitrogen and oxygen atoms in total. The van der Waals surface area contributed by atoms with Gasteiger partial charge < -0.3 is 14.8 Å². The topological polar surface area (TPSA) is 62.3 Å². The summed E-state index contributed by atoms with van der Waals surface area (Å²) in [7, 11) is 0. The Kier molecular flexibility index (Phi) is 1.88. The molecule has 1 atom stereocenters. The van der Waals surface area contributed by atoms with Crippen LogP contribution < -0.4 is 4.74 Å². The third-order valence-corrected chi connectivity index (χ3v) is 3.08. The fourth-order valence-corrected chi connectivity index (χ4v) is 2.30. The lowest BCUT2D eigenvalue weighted by atomic mass is 10.1. The molecule has 16 heavy (non-hydrogen) atoms. The summed E-state index contributed by atoms with van der Waals surface area (Å²) in [6.07, 6.45) is 0. The van der Waals surface area contributed by atoms with Crippen LogP contribution in [0.5, 0.6) is 5.75 Å². The number of aromatic nitrogens is 1. The van der Waals surface area contributed by atoms with Crippen LogP contribution in [0.2, 0.25) is 0 Å². The number of nitrogens with one attached hydrogen (secondary N) is 1. The van der Waals surface area contributed by atoms with E-state index in [2.05, 4.69) is 4.98 Å². The number of hydrogen-bond acceptors (Lipinski definition) is 2. The fraction of sp³-hybridized carbons (Fsp3) is 0.182. The van der Waals surface area contributed by atoms with E-state index < -0.39 is 5.97 Å². The Morgan fingerprint density at radius 2 is 2.38 bits per heavy atom. The van der Waals surface area contributed by atoms with Gasteiger partial charge in [0.15, 0.2) is 0 Å². The van der Waals surface area contributed by atoms with Gasteiger partial charge >= 0.3 is 5.97 Å². The number of ether oxygens (including phenoxy) is 1. The lowest BCUT2D eigenvalue weighted by Gasteiger charge is -2.00. The van der Waals surface area contributed by atoms with Gasteiger partial charge in [-0.15, -0.1) is 11.6 Å². The van der Waals surface area contributed by atoms with E-state index in [4.69, 9.17) is 21.4 Å².